The highest BCUT2D eigenvalue weighted by molar-refractivity contribution is 5.97. The quantitative estimate of drug-likeness (QED) is 0.704. The number of carbonyl (C=O) groups excluding carboxylic acids is 2. The molecular formula is C11H18N2O2. The van der Waals surface area contributed by atoms with Gasteiger partial charge in [0.05, 0.1) is 0 Å². The highest BCUT2D eigenvalue weighted by Gasteiger charge is 2.32. The number of hydrogen-bond acceptors (Lipinski definition) is 2. The van der Waals surface area contributed by atoms with E-state index in [-0.39, 0.29) is 5.91 Å². The molecule has 1 atom stereocenters. The van der Waals surface area contributed by atoms with Gasteiger partial charge in [-0.05, 0) is 19.3 Å². The van der Waals surface area contributed by atoms with Gasteiger partial charge in [-0.1, -0.05) is 19.4 Å². The highest BCUT2D eigenvalue weighted by atomic mass is 16.2. The summed E-state index contributed by atoms with van der Waals surface area (Å²) in [6, 6.07) is 0. The van der Waals surface area contributed by atoms with Crippen LogP contribution in [0.25, 0.3) is 0 Å². The largest absolute Gasteiger partial charge is 0.364 e. The number of allylic oxidation sites excluding steroid dienone is 1. The Balaban J connectivity index is 2.72. The van der Waals surface area contributed by atoms with Crippen molar-refractivity contribution >= 4 is 11.8 Å². The highest BCUT2D eigenvalue weighted by Crippen LogP contribution is 2.25. The van der Waals surface area contributed by atoms with E-state index in [0.717, 1.165) is 12.8 Å². The third-order valence-electron chi connectivity index (χ3n) is 2.72. The third-order valence-corrected chi connectivity index (χ3v) is 2.72. The van der Waals surface area contributed by atoms with E-state index in [1.807, 2.05) is 0 Å². The first-order valence-corrected chi connectivity index (χ1v) is 5.36. The summed E-state index contributed by atoms with van der Waals surface area (Å²) < 4.78 is 0. The molecule has 1 fully saturated rings. The van der Waals surface area contributed by atoms with Gasteiger partial charge < -0.3 is 10.6 Å². The van der Waals surface area contributed by atoms with Crippen molar-refractivity contribution in [1.82, 2.24) is 4.90 Å². The van der Waals surface area contributed by atoms with Gasteiger partial charge in [0.1, 0.15) is 5.70 Å². The predicted octanol–water partition coefficient (Wildman–Crippen LogP) is 1.02. The molecule has 0 aromatic carbocycles. The Kier molecular flexibility index (Phi) is 3.88. The summed E-state index contributed by atoms with van der Waals surface area (Å²) in [5, 5.41) is 0. The van der Waals surface area contributed by atoms with E-state index in [2.05, 4.69) is 6.92 Å². The molecule has 0 aromatic rings. The van der Waals surface area contributed by atoms with E-state index in [0.29, 0.717) is 24.6 Å². The summed E-state index contributed by atoms with van der Waals surface area (Å²) in [4.78, 5) is 24.2. The zero-order valence-electron chi connectivity index (χ0n) is 9.32. The summed E-state index contributed by atoms with van der Waals surface area (Å²) in [6.45, 7) is 4.45. The molecule has 84 valence electrons. The van der Waals surface area contributed by atoms with Crippen LogP contribution in [0.3, 0.4) is 0 Å². The molecule has 0 unspecified atom stereocenters. The Morgan fingerprint density at radius 1 is 1.67 bits per heavy atom. The number of nitrogens with two attached hydrogens (primary N) is 1. The smallest absolute Gasteiger partial charge is 0.265 e. The van der Waals surface area contributed by atoms with E-state index < -0.39 is 5.91 Å². The molecule has 4 heteroatoms. The molecule has 0 bridgehead atoms. The standard InChI is InChI=1S/C11H18N2O2/c1-3-5-8-6-10(14)13(7-8)9(4-2)11(12)15/h4,8H,3,5-7H2,1-2H3,(H2,12,15)/b9-4+/t8-/m1/s1. The lowest BCUT2D eigenvalue weighted by atomic mass is 10.0. The van der Waals surface area contributed by atoms with E-state index in [9.17, 15) is 9.59 Å². The van der Waals surface area contributed by atoms with Crippen molar-refractivity contribution in [2.45, 2.75) is 33.1 Å². The van der Waals surface area contributed by atoms with Gasteiger partial charge in [0, 0.05) is 13.0 Å². The van der Waals surface area contributed by atoms with E-state index in [1.54, 1.807) is 13.0 Å². The number of amides is 2. The molecule has 1 saturated heterocycles. The normalized spacial score (nSPS) is 22.3. The van der Waals surface area contributed by atoms with Crippen LogP contribution in [0.15, 0.2) is 11.8 Å². The van der Waals surface area contributed by atoms with Crippen molar-refractivity contribution in [2.75, 3.05) is 6.54 Å². The van der Waals surface area contributed by atoms with Crippen molar-refractivity contribution in [1.29, 1.82) is 0 Å². The van der Waals surface area contributed by atoms with Gasteiger partial charge in [-0.3, -0.25) is 9.59 Å². The van der Waals surface area contributed by atoms with Gasteiger partial charge in [0.15, 0.2) is 0 Å². The van der Waals surface area contributed by atoms with Crippen LogP contribution in [0.1, 0.15) is 33.1 Å². The summed E-state index contributed by atoms with van der Waals surface area (Å²) >= 11 is 0. The van der Waals surface area contributed by atoms with Crippen molar-refractivity contribution in [2.24, 2.45) is 11.7 Å². The minimum Gasteiger partial charge on any atom is -0.364 e. The minimum absolute atomic E-state index is 0.0142. The number of primary amides is 1. The van der Waals surface area contributed by atoms with Crippen LogP contribution < -0.4 is 5.73 Å². The molecule has 0 aromatic heterocycles. The van der Waals surface area contributed by atoms with E-state index >= 15 is 0 Å². The predicted molar refractivity (Wildman–Crippen MR) is 57.7 cm³/mol. The zero-order valence-corrected chi connectivity index (χ0v) is 9.32. The second kappa shape index (κ2) is 4.96. The van der Waals surface area contributed by atoms with Gasteiger partial charge in [-0.15, -0.1) is 0 Å². The topological polar surface area (TPSA) is 63.4 Å². The average molecular weight is 210 g/mol. The number of nitrogens with zero attached hydrogens (tertiary/aromatic N) is 1. The van der Waals surface area contributed by atoms with E-state index in [1.165, 1.54) is 4.90 Å². The molecule has 1 aliphatic heterocycles. The first-order valence-electron chi connectivity index (χ1n) is 5.36. The van der Waals surface area contributed by atoms with Gasteiger partial charge in [-0.25, -0.2) is 0 Å². The Morgan fingerprint density at radius 3 is 2.80 bits per heavy atom. The Bertz CT molecular complexity index is 297. The van der Waals surface area contributed by atoms with Gasteiger partial charge in [-0.2, -0.15) is 0 Å². The average Bonchev–Trinajstić information content (AvgIpc) is 2.49. The SMILES string of the molecule is C/C=C(\C(N)=O)N1C[C@H](CCC)CC1=O. The second-order valence-corrected chi connectivity index (χ2v) is 3.90. The molecule has 2 amide bonds. The Hall–Kier alpha value is -1.32. The first kappa shape index (κ1) is 11.8. The molecule has 1 heterocycles. The van der Waals surface area contributed by atoms with Crippen LogP contribution in [0.4, 0.5) is 0 Å². The van der Waals surface area contributed by atoms with Crippen molar-refractivity contribution < 1.29 is 9.59 Å². The fourth-order valence-corrected chi connectivity index (χ4v) is 2.05. The maximum Gasteiger partial charge on any atom is 0.265 e. The van der Waals surface area contributed by atoms with E-state index in [4.69, 9.17) is 5.73 Å². The monoisotopic (exact) mass is 210 g/mol. The fraction of sp³-hybridized carbons (Fsp3) is 0.636. The molecule has 0 saturated carbocycles. The maximum atomic E-state index is 11.6. The molecule has 0 spiro atoms. The molecule has 0 radical (unpaired) electrons. The van der Waals surface area contributed by atoms with Gasteiger partial charge in [0.2, 0.25) is 5.91 Å². The lowest BCUT2D eigenvalue weighted by molar-refractivity contribution is -0.129. The van der Waals surface area contributed by atoms with Crippen molar-refractivity contribution in [3.8, 4) is 0 Å². The summed E-state index contributed by atoms with van der Waals surface area (Å²) in [6.07, 6.45) is 4.23. The number of likely N-dealkylation sites (tertiary alicyclic amines) is 1. The third kappa shape index (κ3) is 2.58. The van der Waals surface area contributed by atoms with Crippen molar-refractivity contribution in [3.05, 3.63) is 11.8 Å². The molecule has 1 rings (SSSR count). The Labute approximate surface area is 90.1 Å². The zero-order chi connectivity index (χ0) is 11.4. The maximum absolute atomic E-state index is 11.6. The molecule has 4 nitrogen and oxygen atoms in total. The molecular weight excluding hydrogens is 192 g/mol. The molecule has 15 heavy (non-hydrogen) atoms. The summed E-state index contributed by atoms with van der Waals surface area (Å²) in [5.74, 6) is -0.139. The fourth-order valence-electron chi connectivity index (χ4n) is 2.05. The Morgan fingerprint density at radius 2 is 2.33 bits per heavy atom. The van der Waals surface area contributed by atoms with Crippen LogP contribution in [-0.4, -0.2) is 23.3 Å². The minimum atomic E-state index is -0.525. The summed E-state index contributed by atoms with van der Waals surface area (Å²) in [5.41, 5.74) is 5.54. The lowest BCUT2D eigenvalue weighted by Crippen LogP contribution is -2.32. The molecule has 2 N–H and O–H groups in total. The second-order valence-electron chi connectivity index (χ2n) is 3.90. The van der Waals surface area contributed by atoms with Crippen LogP contribution in [0.5, 0.6) is 0 Å². The lowest BCUT2D eigenvalue weighted by Gasteiger charge is -2.17. The van der Waals surface area contributed by atoms with Gasteiger partial charge >= 0.3 is 0 Å². The first-order chi connectivity index (χ1) is 7.10. The number of rotatable bonds is 4. The molecule has 1 aliphatic rings. The number of carbonyl (C=O) groups is 2. The van der Waals surface area contributed by atoms with Crippen LogP contribution in [-0.2, 0) is 9.59 Å². The van der Waals surface area contributed by atoms with Crippen LogP contribution >= 0.6 is 0 Å². The van der Waals surface area contributed by atoms with Gasteiger partial charge in [0.25, 0.3) is 5.91 Å². The van der Waals surface area contributed by atoms with Crippen molar-refractivity contribution in [3.63, 3.8) is 0 Å². The number of hydrogen-bond donors (Lipinski definition) is 1. The van der Waals surface area contributed by atoms with Crippen LogP contribution in [0.2, 0.25) is 0 Å². The summed E-state index contributed by atoms with van der Waals surface area (Å²) in [7, 11) is 0. The molecule has 0 aliphatic carbocycles. The van der Waals surface area contributed by atoms with Crippen LogP contribution in [0, 0.1) is 5.92 Å².